The predicted octanol–water partition coefficient (Wildman–Crippen LogP) is 3.87. The van der Waals surface area contributed by atoms with Crippen LogP contribution in [0.2, 0.25) is 0 Å². The van der Waals surface area contributed by atoms with Crippen LogP contribution in [0.1, 0.15) is 27.6 Å². The monoisotopic (exact) mass is 406 g/mol. The zero-order chi connectivity index (χ0) is 20.4. The van der Waals surface area contributed by atoms with Gasteiger partial charge >= 0.3 is 0 Å². The molecule has 0 bridgehead atoms. The van der Waals surface area contributed by atoms with E-state index in [1.165, 1.54) is 25.1 Å². The van der Waals surface area contributed by atoms with Crippen LogP contribution in [0.3, 0.4) is 0 Å². The molecule has 0 saturated heterocycles. The molecule has 3 heterocycles. The fourth-order valence-electron chi connectivity index (χ4n) is 3.04. The summed E-state index contributed by atoms with van der Waals surface area (Å²) < 4.78 is 5.02. The number of methoxy groups -OCH3 is 1. The van der Waals surface area contributed by atoms with Crippen LogP contribution < -0.4 is 15.0 Å². The maximum atomic E-state index is 12.9. The number of aromatic nitrogens is 2. The number of fused-ring (bicyclic) bond motifs is 2. The second-order valence-corrected chi connectivity index (χ2v) is 7.26. The summed E-state index contributed by atoms with van der Waals surface area (Å²) in [5.41, 5.74) is 2.42. The third-order valence-electron chi connectivity index (χ3n) is 4.49. The lowest BCUT2D eigenvalue weighted by atomic mass is 10.2. The molecular formula is C21H18N4O3S. The van der Waals surface area contributed by atoms with Gasteiger partial charge in [-0.1, -0.05) is 11.8 Å². The Bertz CT molecular complexity index is 1090. The van der Waals surface area contributed by atoms with Gasteiger partial charge in [0.2, 0.25) is 5.88 Å². The van der Waals surface area contributed by atoms with Crippen molar-refractivity contribution in [2.45, 2.75) is 16.8 Å². The first kappa shape index (κ1) is 18.9. The maximum Gasteiger partial charge on any atom is 0.261 e. The first-order chi connectivity index (χ1) is 14.1. The lowest BCUT2D eigenvalue weighted by molar-refractivity contribution is 0.0983. The molecule has 0 saturated carbocycles. The molecule has 0 unspecified atom stereocenters. The minimum absolute atomic E-state index is 0.0806. The molecule has 8 heteroatoms. The Kier molecular flexibility index (Phi) is 5.18. The number of ether oxygens (including phenoxy) is 1. The van der Waals surface area contributed by atoms with Crippen molar-refractivity contribution in [1.29, 1.82) is 0 Å². The predicted molar refractivity (Wildman–Crippen MR) is 111 cm³/mol. The van der Waals surface area contributed by atoms with E-state index >= 15 is 0 Å². The molecule has 4 rings (SSSR count). The molecular weight excluding hydrogens is 388 g/mol. The maximum absolute atomic E-state index is 12.9. The number of carbonyl (C=O) groups excluding carboxylic acids is 2. The zero-order valence-corrected chi connectivity index (χ0v) is 16.7. The molecule has 1 aliphatic heterocycles. The largest absolute Gasteiger partial charge is 0.481 e. The zero-order valence-electron chi connectivity index (χ0n) is 15.9. The smallest absolute Gasteiger partial charge is 0.261 e. The number of carbonyl (C=O) groups is 2. The Morgan fingerprint density at radius 1 is 1.21 bits per heavy atom. The van der Waals surface area contributed by atoms with Crippen LogP contribution in [0.25, 0.3) is 0 Å². The van der Waals surface area contributed by atoms with Gasteiger partial charge < -0.3 is 15.0 Å². The Hall–Kier alpha value is -3.39. The van der Waals surface area contributed by atoms with Gasteiger partial charge in [-0.2, -0.15) is 0 Å². The van der Waals surface area contributed by atoms with Crippen molar-refractivity contribution in [3.63, 3.8) is 0 Å². The number of rotatable bonds is 4. The SMILES string of the molecule is CCN1C(=O)c2cccnc2Sc2cc(NC(=O)c3ccc(OC)nc3)ccc21. The third-order valence-corrected chi connectivity index (χ3v) is 5.55. The number of benzene rings is 1. The summed E-state index contributed by atoms with van der Waals surface area (Å²) in [6, 6.07) is 12.3. The molecule has 2 aromatic heterocycles. The summed E-state index contributed by atoms with van der Waals surface area (Å²) >= 11 is 1.41. The Labute approximate surface area is 172 Å². The highest BCUT2D eigenvalue weighted by Crippen LogP contribution is 2.41. The molecule has 0 radical (unpaired) electrons. The van der Waals surface area contributed by atoms with Gasteiger partial charge in [-0.25, -0.2) is 9.97 Å². The van der Waals surface area contributed by atoms with Crippen molar-refractivity contribution in [2.24, 2.45) is 0 Å². The number of hydrogen-bond donors (Lipinski definition) is 1. The normalized spacial score (nSPS) is 12.6. The van der Waals surface area contributed by atoms with Gasteiger partial charge in [0.15, 0.2) is 0 Å². The highest BCUT2D eigenvalue weighted by Gasteiger charge is 2.27. The fraction of sp³-hybridized carbons (Fsp3) is 0.143. The van der Waals surface area contributed by atoms with E-state index in [1.54, 1.807) is 41.4 Å². The Balaban J connectivity index is 1.65. The minimum Gasteiger partial charge on any atom is -0.481 e. The van der Waals surface area contributed by atoms with Gasteiger partial charge in [0.05, 0.1) is 23.9 Å². The average Bonchev–Trinajstić information content (AvgIpc) is 2.87. The van der Waals surface area contributed by atoms with Crippen molar-refractivity contribution in [3.05, 3.63) is 66.0 Å². The van der Waals surface area contributed by atoms with E-state index in [0.717, 1.165) is 10.6 Å². The second-order valence-electron chi connectivity index (χ2n) is 6.23. The minimum atomic E-state index is -0.277. The van der Waals surface area contributed by atoms with Crippen LogP contribution in [-0.2, 0) is 0 Å². The molecule has 0 atom stereocenters. The summed E-state index contributed by atoms with van der Waals surface area (Å²) in [5.74, 6) is 0.0853. The second kappa shape index (κ2) is 7.92. The molecule has 2 amide bonds. The van der Waals surface area contributed by atoms with Crippen molar-refractivity contribution in [3.8, 4) is 5.88 Å². The van der Waals surface area contributed by atoms with E-state index < -0.39 is 0 Å². The molecule has 0 fully saturated rings. The molecule has 7 nitrogen and oxygen atoms in total. The Morgan fingerprint density at radius 3 is 2.79 bits per heavy atom. The molecule has 0 aliphatic carbocycles. The van der Waals surface area contributed by atoms with Crippen molar-refractivity contribution >= 4 is 35.0 Å². The summed E-state index contributed by atoms with van der Waals surface area (Å²) in [7, 11) is 1.52. The lowest BCUT2D eigenvalue weighted by Gasteiger charge is -2.21. The van der Waals surface area contributed by atoms with E-state index in [9.17, 15) is 9.59 Å². The van der Waals surface area contributed by atoms with Crippen LogP contribution in [-0.4, -0.2) is 35.4 Å². The van der Waals surface area contributed by atoms with Gasteiger partial charge in [0, 0.05) is 35.6 Å². The molecule has 0 spiro atoms. The summed E-state index contributed by atoms with van der Waals surface area (Å²) in [4.78, 5) is 36.4. The van der Waals surface area contributed by atoms with E-state index in [-0.39, 0.29) is 11.8 Å². The molecule has 146 valence electrons. The standard InChI is InChI=1S/C21H18N4O3S/c1-3-25-16-8-7-14(24-19(26)13-6-9-18(28-2)23-12-13)11-17(16)29-20-15(21(25)27)5-4-10-22-20/h4-12H,3H2,1-2H3,(H,24,26). The van der Waals surface area contributed by atoms with Crippen LogP contribution in [0.5, 0.6) is 5.88 Å². The van der Waals surface area contributed by atoms with E-state index in [1.807, 2.05) is 19.1 Å². The third kappa shape index (κ3) is 3.66. The van der Waals surface area contributed by atoms with Gasteiger partial charge in [0.1, 0.15) is 5.03 Å². The number of nitrogens with zero attached hydrogens (tertiary/aromatic N) is 3. The quantitative estimate of drug-likeness (QED) is 0.708. The molecule has 3 aromatic rings. The highest BCUT2D eigenvalue weighted by molar-refractivity contribution is 7.99. The first-order valence-electron chi connectivity index (χ1n) is 9.01. The fourth-order valence-corrected chi connectivity index (χ4v) is 4.10. The van der Waals surface area contributed by atoms with Crippen molar-refractivity contribution < 1.29 is 14.3 Å². The summed E-state index contributed by atoms with van der Waals surface area (Å²) in [6.45, 7) is 2.46. The first-order valence-corrected chi connectivity index (χ1v) is 9.82. The molecule has 1 aliphatic rings. The number of amides is 2. The number of anilines is 2. The van der Waals surface area contributed by atoms with Crippen LogP contribution in [0.15, 0.2) is 64.8 Å². The highest BCUT2D eigenvalue weighted by atomic mass is 32.2. The average molecular weight is 406 g/mol. The number of nitrogens with one attached hydrogen (secondary N) is 1. The summed E-state index contributed by atoms with van der Waals surface area (Å²) in [5, 5.41) is 3.53. The number of hydrogen-bond acceptors (Lipinski definition) is 6. The lowest BCUT2D eigenvalue weighted by Crippen LogP contribution is -2.30. The van der Waals surface area contributed by atoms with Crippen LogP contribution in [0.4, 0.5) is 11.4 Å². The molecule has 29 heavy (non-hydrogen) atoms. The number of pyridine rings is 2. The topological polar surface area (TPSA) is 84.4 Å². The van der Waals surface area contributed by atoms with Gasteiger partial charge in [0.25, 0.3) is 11.8 Å². The van der Waals surface area contributed by atoms with E-state index in [2.05, 4.69) is 15.3 Å². The van der Waals surface area contributed by atoms with Gasteiger partial charge in [-0.05, 0) is 43.3 Å². The molecule has 1 aromatic carbocycles. The van der Waals surface area contributed by atoms with Crippen LogP contribution >= 0.6 is 11.8 Å². The van der Waals surface area contributed by atoms with Gasteiger partial charge in [-0.15, -0.1) is 0 Å². The Morgan fingerprint density at radius 2 is 2.07 bits per heavy atom. The van der Waals surface area contributed by atoms with Crippen molar-refractivity contribution in [1.82, 2.24) is 9.97 Å². The van der Waals surface area contributed by atoms with Gasteiger partial charge in [-0.3, -0.25) is 9.59 Å². The van der Waals surface area contributed by atoms with Crippen LogP contribution in [0, 0.1) is 0 Å². The van der Waals surface area contributed by atoms with Crippen molar-refractivity contribution in [2.75, 3.05) is 23.9 Å². The molecule has 1 N–H and O–H groups in total. The summed E-state index contributed by atoms with van der Waals surface area (Å²) in [6.07, 6.45) is 3.13. The van der Waals surface area contributed by atoms with E-state index in [4.69, 9.17) is 4.74 Å². The van der Waals surface area contributed by atoms with E-state index in [0.29, 0.717) is 34.3 Å².